The van der Waals surface area contributed by atoms with Crippen LogP contribution in [0.3, 0.4) is 0 Å². The molecule has 0 bridgehead atoms. The molecule has 492 valence electrons. The van der Waals surface area contributed by atoms with E-state index in [2.05, 4.69) is 54.2 Å². The van der Waals surface area contributed by atoms with Crippen molar-refractivity contribution in [3.8, 4) is 0 Å². The predicted octanol–water partition coefficient (Wildman–Crippen LogP) is 12.8. The van der Waals surface area contributed by atoms with E-state index < -0.39 is 40.6 Å². The van der Waals surface area contributed by atoms with E-state index in [-0.39, 0.29) is 11.5 Å². The topological polar surface area (TPSA) is 186 Å². The van der Waals surface area contributed by atoms with Crippen molar-refractivity contribution in [1.29, 1.82) is 0 Å². The summed E-state index contributed by atoms with van der Waals surface area (Å²) in [4.78, 5) is 22.9. The van der Waals surface area contributed by atoms with Crippen molar-refractivity contribution in [2.45, 2.75) is 316 Å². The fourth-order valence-corrected chi connectivity index (χ4v) is 12.1. The van der Waals surface area contributed by atoms with Gasteiger partial charge in [-0.2, -0.15) is 8.42 Å². The Kier molecular flexibility index (Phi) is 54.9. The molecule has 0 aromatic heterocycles. The maximum absolute atomic E-state index is 13.6. The fourth-order valence-electron chi connectivity index (χ4n) is 11.6. The number of unbranched alkanes of at least 4 members (excludes halogenated alkanes) is 25. The fraction of sp³-hybridized carbons (Fsp3) is 0.985. The molecule has 14 nitrogen and oxygen atoms in total. The van der Waals surface area contributed by atoms with Crippen LogP contribution in [0.1, 0.15) is 285 Å². The van der Waals surface area contributed by atoms with Crippen LogP contribution in [-0.4, -0.2) is 210 Å². The van der Waals surface area contributed by atoms with Crippen LogP contribution >= 0.6 is 0 Å². The Balaban J connectivity index is 6.74. The first-order valence-electron chi connectivity index (χ1n) is 34.9. The van der Waals surface area contributed by atoms with Crippen LogP contribution in [-0.2, 0) is 14.9 Å². The molecule has 0 spiro atoms. The predicted molar refractivity (Wildman–Crippen MR) is 347 cm³/mol. The Morgan fingerprint density at radius 1 is 0.341 bits per heavy atom. The molecule has 0 aliphatic heterocycles. The molecule has 0 radical (unpaired) electrons. The molecule has 5 atom stereocenters. The summed E-state index contributed by atoms with van der Waals surface area (Å²) in [6.45, 7) is 19.6. The molecule has 15 heteroatoms. The first-order valence-corrected chi connectivity index (χ1v) is 36.6. The number of aliphatic hydroxyl groups excluding tert-OH is 5. The highest BCUT2D eigenvalue weighted by molar-refractivity contribution is 7.85. The second-order valence-corrected chi connectivity index (χ2v) is 27.7. The third kappa shape index (κ3) is 54.6. The lowest BCUT2D eigenvalue weighted by molar-refractivity contribution is -0.890. The van der Waals surface area contributed by atoms with Crippen LogP contribution in [0.5, 0.6) is 0 Å². The standard InChI is InChI=1S/C67H139N5O9S/c1-8-13-18-23-28-33-40-63(74)57-69(47-46-62(73)45-38-54-72(6,7)55-39-56-82(79,80)81)51-48-68(49-52-70(58-64(75)41-34-29-24-19-14-9-2)59-65(76)42-35-30-25-20-15-10-3)50-53-71(60-66(77)43-36-31-26-21-16-11-4)61-67(78)44-37-32-27-22-17-12-5/h63-67,74-78H,8-61H2,1-7H3/p+1. The molecular weight excluding hydrogens is 1050 g/mol. The highest BCUT2D eigenvalue weighted by Gasteiger charge is 2.23. The normalized spacial score (nSPS) is 14.5. The number of rotatable bonds is 65. The van der Waals surface area contributed by atoms with E-state index in [1.54, 1.807) is 0 Å². The van der Waals surface area contributed by atoms with Crippen molar-refractivity contribution in [2.24, 2.45) is 0 Å². The Labute approximate surface area is 508 Å². The number of Topliss-reactive ketones (excluding diaryl/α,β-unsaturated/α-hetero) is 1. The number of hydrogen-bond acceptors (Lipinski definition) is 12. The summed E-state index contributed by atoms with van der Waals surface area (Å²) < 4.78 is 32.5. The lowest BCUT2D eigenvalue weighted by atomic mass is 10.1. The van der Waals surface area contributed by atoms with Crippen LogP contribution in [0.25, 0.3) is 0 Å². The first-order chi connectivity index (χ1) is 39.4. The maximum atomic E-state index is 13.6. The highest BCUT2D eigenvalue weighted by atomic mass is 32.2. The smallest absolute Gasteiger partial charge is 0.265 e. The third-order valence-electron chi connectivity index (χ3n) is 17.1. The van der Waals surface area contributed by atoms with E-state index in [1.807, 2.05) is 14.1 Å². The zero-order chi connectivity index (χ0) is 61.0. The molecular formula is C67H140N5O9S+. The van der Waals surface area contributed by atoms with Crippen molar-refractivity contribution in [1.82, 2.24) is 19.6 Å². The third-order valence-corrected chi connectivity index (χ3v) is 17.9. The van der Waals surface area contributed by atoms with Gasteiger partial charge in [-0.1, -0.05) is 227 Å². The highest BCUT2D eigenvalue weighted by Crippen LogP contribution is 2.17. The molecule has 0 fully saturated rings. The lowest BCUT2D eigenvalue weighted by Gasteiger charge is -2.34. The van der Waals surface area contributed by atoms with Gasteiger partial charge >= 0.3 is 0 Å². The molecule has 0 saturated carbocycles. The molecule has 0 saturated heterocycles. The summed E-state index contributed by atoms with van der Waals surface area (Å²) in [7, 11) is 0.0425. The number of hydrogen-bond donors (Lipinski definition) is 6. The first kappa shape index (κ1) is 81.2. The van der Waals surface area contributed by atoms with Gasteiger partial charge in [-0.3, -0.25) is 28.9 Å². The molecule has 0 aliphatic carbocycles. The van der Waals surface area contributed by atoms with E-state index in [0.29, 0.717) is 115 Å². The van der Waals surface area contributed by atoms with E-state index in [1.165, 1.54) is 128 Å². The van der Waals surface area contributed by atoms with Crippen LogP contribution in [0.15, 0.2) is 0 Å². The molecule has 0 amide bonds. The number of ketones is 1. The SMILES string of the molecule is CCCCCCCCC(O)CN(CCC(=O)CCC[N+](C)(C)CCCS(=O)(=O)O)CCN(CCN(CC(O)CCCCCCCC)CC(O)CCCCCCCC)CCN(CC(O)CCCCCCCC)CC(O)CCCCCCCC. The molecule has 82 heavy (non-hydrogen) atoms. The number of carbonyl (C=O) groups excluding carboxylic acids is 1. The number of nitrogens with zero attached hydrogens (tertiary/aromatic N) is 5. The van der Waals surface area contributed by atoms with Crippen LogP contribution in [0.2, 0.25) is 0 Å². The number of carbonyl (C=O) groups is 1. The summed E-state index contributed by atoms with van der Waals surface area (Å²) in [6, 6.07) is 0. The quantitative estimate of drug-likeness (QED) is 0.0192. The van der Waals surface area contributed by atoms with Gasteiger partial charge in [0.15, 0.2) is 0 Å². The lowest BCUT2D eigenvalue weighted by Crippen LogP contribution is -2.48. The van der Waals surface area contributed by atoms with Crippen molar-refractivity contribution < 1.29 is 47.8 Å². The summed E-state index contributed by atoms with van der Waals surface area (Å²) in [5, 5.41) is 57.7. The average Bonchev–Trinajstić information content (AvgIpc) is 3.42. The second kappa shape index (κ2) is 55.5. The van der Waals surface area contributed by atoms with Crippen LogP contribution in [0, 0.1) is 0 Å². The average molecular weight is 1190 g/mol. The summed E-state index contributed by atoms with van der Waals surface area (Å²) in [6.07, 6.45) is 38.1. The molecule has 5 unspecified atom stereocenters. The van der Waals surface area contributed by atoms with E-state index >= 15 is 0 Å². The van der Waals surface area contributed by atoms with Crippen molar-refractivity contribution in [3.05, 3.63) is 0 Å². The van der Waals surface area contributed by atoms with Gasteiger partial charge in [0.25, 0.3) is 10.1 Å². The van der Waals surface area contributed by atoms with E-state index in [0.717, 1.165) is 103 Å². The van der Waals surface area contributed by atoms with Crippen LogP contribution < -0.4 is 0 Å². The number of aliphatic hydroxyl groups is 5. The Bertz CT molecular complexity index is 1400. The summed E-state index contributed by atoms with van der Waals surface area (Å²) in [5.74, 6) is -0.0905. The minimum Gasteiger partial charge on any atom is -0.392 e. The minimum atomic E-state index is -4.01. The molecule has 0 aromatic carbocycles. The van der Waals surface area contributed by atoms with Gasteiger partial charge in [0.2, 0.25) is 0 Å². The maximum Gasteiger partial charge on any atom is 0.265 e. The van der Waals surface area contributed by atoms with E-state index in [9.17, 15) is 43.3 Å². The Hall–Kier alpha value is -0.820. The monoisotopic (exact) mass is 1190 g/mol. The van der Waals surface area contributed by atoms with Gasteiger partial charge in [-0.25, -0.2) is 0 Å². The second-order valence-electron chi connectivity index (χ2n) is 26.1. The van der Waals surface area contributed by atoms with Gasteiger partial charge < -0.3 is 30.0 Å². The Morgan fingerprint density at radius 3 is 0.902 bits per heavy atom. The molecule has 0 heterocycles. The Morgan fingerprint density at radius 2 is 0.598 bits per heavy atom. The van der Waals surface area contributed by atoms with Crippen molar-refractivity contribution >= 4 is 15.9 Å². The molecule has 0 rings (SSSR count). The van der Waals surface area contributed by atoms with Gasteiger partial charge in [0.1, 0.15) is 5.78 Å². The number of quaternary nitrogens is 1. The van der Waals surface area contributed by atoms with Crippen LogP contribution in [0.4, 0.5) is 0 Å². The zero-order valence-corrected chi connectivity index (χ0v) is 55.9. The summed E-state index contributed by atoms with van der Waals surface area (Å²) >= 11 is 0. The minimum absolute atomic E-state index is 0.176. The van der Waals surface area contributed by atoms with E-state index in [4.69, 9.17) is 0 Å². The van der Waals surface area contributed by atoms with Gasteiger partial charge in [0, 0.05) is 104 Å². The van der Waals surface area contributed by atoms with Crippen molar-refractivity contribution in [3.63, 3.8) is 0 Å². The molecule has 0 aromatic rings. The summed E-state index contributed by atoms with van der Waals surface area (Å²) in [5.41, 5.74) is 0. The largest absolute Gasteiger partial charge is 0.392 e. The van der Waals surface area contributed by atoms with Gasteiger partial charge in [-0.15, -0.1) is 0 Å². The molecule has 0 aliphatic rings. The van der Waals surface area contributed by atoms with Crippen molar-refractivity contribution in [2.75, 3.05) is 111 Å². The van der Waals surface area contributed by atoms with Gasteiger partial charge in [-0.05, 0) is 32.1 Å². The molecule has 6 N–H and O–H groups in total. The zero-order valence-electron chi connectivity index (χ0n) is 55.1. The van der Waals surface area contributed by atoms with Gasteiger partial charge in [0.05, 0.1) is 63.5 Å².